The molecule has 0 aromatic carbocycles. The Morgan fingerprint density at radius 1 is 1.11 bits per heavy atom. The normalized spacial score (nSPS) is 10.0. The van der Waals surface area contributed by atoms with Gasteiger partial charge in [0.1, 0.15) is 0 Å². The summed E-state index contributed by atoms with van der Waals surface area (Å²) in [4.78, 5) is 0. The molecule has 0 saturated carbocycles. The van der Waals surface area contributed by atoms with Crippen molar-refractivity contribution < 1.29 is 10.2 Å². The number of hydrogen-bond acceptors (Lipinski definition) is 2. The lowest BCUT2D eigenvalue weighted by atomic mass is 10.4. The average molecular weight is 144 g/mol. The van der Waals surface area contributed by atoms with E-state index in [0.717, 1.165) is 10.6 Å². The van der Waals surface area contributed by atoms with E-state index in [1.807, 2.05) is 12.1 Å². The van der Waals surface area contributed by atoms with E-state index < -0.39 is 0 Å². The van der Waals surface area contributed by atoms with Crippen molar-refractivity contribution in [1.29, 1.82) is 0 Å². The molecule has 0 aliphatic carbocycles. The SMILES string of the molecule is OCc1ccc(CO)[pH]1. The van der Waals surface area contributed by atoms with Gasteiger partial charge in [-0.05, 0) is 10.6 Å². The van der Waals surface area contributed by atoms with Crippen molar-refractivity contribution in [3.63, 3.8) is 0 Å². The Bertz CT molecular complexity index is 164. The molecule has 2 nitrogen and oxygen atoms in total. The number of hydrogen-bond donors (Lipinski definition) is 2. The summed E-state index contributed by atoms with van der Waals surface area (Å²) >= 11 is 0. The lowest BCUT2D eigenvalue weighted by molar-refractivity contribution is 0.285. The van der Waals surface area contributed by atoms with Crippen LogP contribution in [0.15, 0.2) is 12.1 Å². The Kier molecular flexibility index (Phi) is 2.29. The van der Waals surface area contributed by atoms with Crippen molar-refractivity contribution in [3.05, 3.63) is 22.7 Å². The zero-order valence-electron chi connectivity index (χ0n) is 4.96. The van der Waals surface area contributed by atoms with Gasteiger partial charge >= 0.3 is 0 Å². The maximum Gasteiger partial charge on any atom is 0.0716 e. The highest BCUT2D eigenvalue weighted by molar-refractivity contribution is 7.32. The van der Waals surface area contributed by atoms with Gasteiger partial charge in [0.2, 0.25) is 0 Å². The second-order valence-corrected chi connectivity index (χ2v) is 3.36. The Hall–Kier alpha value is -0.300. The van der Waals surface area contributed by atoms with Gasteiger partial charge in [0.25, 0.3) is 0 Å². The molecule has 2 N–H and O–H groups in total. The quantitative estimate of drug-likeness (QED) is 0.641. The first-order chi connectivity index (χ1) is 4.36. The molecule has 0 aliphatic rings. The minimum atomic E-state index is 0.123. The Balaban J connectivity index is 2.74. The fourth-order valence-electron chi connectivity index (χ4n) is 0.675. The van der Waals surface area contributed by atoms with E-state index in [1.54, 1.807) is 0 Å². The first kappa shape index (κ1) is 6.81. The van der Waals surface area contributed by atoms with E-state index in [4.69, 9.17) is 10.2 Å². The summed E-state index contributed by atoms with van der Waals surface area (Å²) in [5, 5.41) is 19.2. The van der Waals surface area contributed by atoms with Crippen LogP contribution in [0.25, 0.3) is 0 Å². The summed E-state index contributed by atoms with van der Waals surface area (Å²) in [6, 6.07) is 3.73. The fraction of sp³-hybridized carbons (Fsp3) is 0.333. The molecule has 0 spiro atoms. The molecule has 0 amide bonds. The van der Waals surface area contributed by atoms with Gasteiger partial charge in [-0.2, -0.15) is 0 Å². The van der Waals surface area contributed by atoms with E-state index in [9.17, 15) is 0 Å². The highest BCUT2D eigenvalue weighted by Gasteiger charge is 1.93. The average Bonchev–Trinajstić information content (AvgIpc) is 2.34. The van der Waals surface area contributed by atoms with Crippen LogP contribution in [-0.4, -0.2) is 10.2 Å². The molecule has 9 heavy (non-hydrogen) atoms. The van der Waals surface area contributed by atoms with Gasteiger partial charge in [-0.25, -0.2) is 0 Å². The standard InChI is InChI=1S/C6H9O2P/c7-3-5-1-2-6(4-8)9-5/h1-2,7-9H,3-4H2. The van der Waals surface area contributed by atoms with Crippen molar-refractivity contribution in [2.24, 2.45) is 0 Å². The van der Waals surface area contributed by atoms with Gasteiger partial charge in [0.15, 0.2) is 0 Å². The molecule has 1 aromatic heterocycles. The maximum absolute atomic E-state index is 8.60. The Morgan fingerprint density at radius 2 is 1.56 bits per heavy atom. The third kappa shape index (κ3) is 1.55. The van der Waals surface area contributed by atoms with Crippen LogP contribution < -0.4 is 0 Å². The molecular weight excluding hydrogens is 135 g/mol. The number of aliphatic hydroxyl groups is 2. The smallest absolute Gasteiger partial charge is 0.0716 e. The topological polar surface area (TPSA) is 40.5 Å². The summed E-state index contributed by atoms with van der Waals surface area (Å²) in [6.45, 7) is 0.247. The molecule has 0 fully saturated rings. The number of rotatable bonds is 2. The predicted octanol–water partition coefficient (Wildman–Crippen LogP) is 0.702. The third-order valence-electron chi connectivity index (χ3n) is 1.15. The second kappa shape index (κ2) is 3.02. The summed E-state index contributed by atoms with van der Waals surface area (Å²) in [5.41, 5.74) is 0. The largest absolute Gasteiger partial charge is 0.391 e. The highest BCUT2D eigenvalue weighted by Crippen LogP contribution is 2.21. The van der Waals surface area contributed by atoms with Crippen LogP contribution in [0.1, 0.15) is 10.6 Å². The van der Waals surface area contributed by atoms with Gasteiger partial charge in [0.05, 0.1) is 13.2 Å². The molecule has 0 radical (unpaired) electrons. The first-order valence-electron chi connectivity index (χ1n) is 2.75. The van der Waals surface area contributed by atoms with E-state index in [2.05, 4.69) is 0 Å². The highest BCUT2D eigenvalue weighted by atomic mass is 31.0. The van der Waals surface area contributed by atoms with Gasteiger partial charge in [-0.1, -0.05) is 12.1 Å². The van der Waals surface area contributed by atoms with E-state index in [1.165, 1.54) is 0 Å². The summed E-state index contributed by atoms with van der Waals surface area (Å²) < 4.78 is 0. The van der Waals surface area contributed by atoms with Gasteiger partial charge in [-0.3, -0.25) is 0 Å². The van der Waals surface area contributed by atoms with Crippen LogP contribution in [-0.2, 0) is 13.2 Å². The molecule has 0 aliphatic heterocycles. The Labute approximate surface area is 55.2 Å². The molecule has 1 heterocycles. The summed E-state index contributed by atoms with van der Waals surface area (Å²) in [5.74, 6) is 0. The zero-order valence-corrected chi connectivity index (χ0v) is 5.96. The molecule has 0 atom stereocenters. The third-order valence-corrected chi connectivity index (χ3v) is 2.44. The lowest BCUT2D eigenvalue weighted by Crippen LogP contribution is -1.70. The second-order valence-electron chi connectivity index (χ2n) is 1.83. The predicted molar refractivity (Wildman–Crippen MR) is 37.8 cm³/mol. The first-order valence-corrected chi connectivity index (χ1v) is 3.75. The van der Waals surface area contributed by atoms with Gasteiger partial charge < -0.3 is 10.2 Å². The van der Waals surface area contributed by atoms with Crippen LogP contribution in [0.4, 0.5) is 0 Å². The molecule has 1 rings (SSSR count). The van der Waals surface area contributed by atoms with Crippen LogP contribution in [0, 0.1) is 0 Å². The molecule has 1 aromatic rings. The molecule has 3 heteroatoms. The minimum absolute atomic E-state index is 0.123. The van der Waals surface area contributed by atoms with Crippen molar-refractivity contribution in [2.45, 2.75) is 13.2 Å². The van der Waals surface area contributed by atoms with Crippen molar-refractivity contribution in [3.8, 4) is 0 Å². The number of aliphatic hydroxyl groups excluding tert-OH is 2. The van der Waals surface area contributed by atoms with Crippen LogP contribution >= 0.6 is 8.19 Å². The van der Waals surface area contributed by atoms with E-state index in [0.29, 0.717) is 8.19 Å². The molecule has 50 valence electrons. The van der Waals surface area contributed by atoms with Crippen LogP contribution in [0.3, 0.4) is 0 Å². The van der Waals surface area contributed by atoms with Crippen molar-refractivity contribution >= 4 is 8.19 Å². The van der Waals surface area contributed by atoms with Gasteiger partial charge in [0, 0.05) is 0 Å². The van der Waals surface area contributed by atoms with Crippen LogP contribution in [0.2, 0.25) is 0 Å². The molecule has 0 unspecified atom stereocenters. The summed E-state index contributed by atoms with van der Waals surface area (Å²) in [7, 11) is 0.513. The lowest BCUT2D eigenvalue weighted by Gasteiger charge is -1.85. The monoisotopic (exact) mass is 144 g/mol. The van der Waals surface area contributed by atoms with E-state index in [-0.39, 0.29) is 13.2 Å². The molecule has 0 saturated heterocycles. The fourth-order valence-corrected chi connectivity index (χ4v) is 1.58. The van der Waals surface area contributed by atoms with Crippen molar-refractivity contribution in [1.82, 2.24) is 0 Å². The minimum Gasteiger partial charge on any atom is -0.391 e. The maximum atomic E-state index is 8.60. The van der Waals surface area contributed by atoms with Crippen LogP contribution in [0.5, 0.6) is 0 Å². The molecular formula is C6H9O2P. The van der Waals surface area contributed by atoms with E-state index >= 15 is 0 Å². The van der Waals surface area contributed by atoms with Gasteiger partial charge in [-0.15, -0.1) is 8.19 Å². The summed E-state index contributed by atoms with van der Waals surface area (Å²) in [6.07, 6.45) is 0. The Morgan fingerprint density at radius 3 is 1.78 bits per heavy atom. The zero-order chi connectivity index (χ0) is 6.69. The van der Waals surface area contributed by atoms with Crippen molar-refractivity contribution in [2.75, 3.05) is 0 Å². The molecule has 0 bridgehead atoms.